The molecule has 0 amide bonds. The molecule has 2 aromatic rings. The lowest BCUT2D eigenvalue weighted by atomic mass is 10.1. The van der Waals surface area contributed by atoms with Gasteiger partial charge in [-0.3, -0.25) is 0 Å². The third-order valence-corrected chi connectivity index (χ3v) is 3.63. The number of thiazole rings is 1. The first-order valence-corrected chi connectivity index (χ1v) is 7.08. The summed E-state index contributed by atoms with van der Waals surface area (Å²) in [6, 6.07) is 5.61. The second kappa shape index (κ2) is 6.04. The maximum atomic E-state index is 8.73. The van der Waals surface area contributed by atoms with E-state index < -0.39 is 0 Å². The first-order chi connectivity index (χ1) is 9.11. The standard InChI is InChI=1S/C14H18N2O2S/c1-9(2)12-8-19-14(16-12)10-3-4-13(11(15)7-10)18-6-5-17/h3-4,7-9,17H,5-6,15H2,1-2H3. The lowest BCUT2D eigenvalue weighted by Gasteiger charge is -2.08. The van der Waals surface area contributed by atoms with E-state index in [1.54, 1.807) is 11.3 Å². The second-order valence-corrected chi connectivity index (χ2v) is 5.42. The van der Waals surface area contributed by atoms with Crippen molar-refractivity contribution < 1.29 is 9.84 Å². The summed E-state index contributed by atoms with van der Waals surface area (Å²) in [5, 5.41) is 11.8. The van der Waals surface area contributed by atoms with Crippen molar-refractivity contribution in [1.29, 1.82) is 0 Å². The topological polar surface area (TPSA) is 68.4 Å². The van der Waals surface area contributed by atoms with Crippen LogP contribution in [-0.2, 0) is 0 Å². The molecule has 2 rings (SSSR count). The van der Waals surface area contributed by atoms with Gasteiger partial charge in [-0.05, 0) is 24.1 Å². The van der Waals surface area contributed by atoms with Crippen LogP contribution in [0.4, 0.5) is 5.69 Å². The van der Waals surface area contributed by atoms with Crippen molar-refractivity contribution >= 4 is 17.0 Å². The lowest BCUT2D eigenvalue weighted by Crippen LogP contribution is -2.03. The molecule has 0 atom stereocenters. The summed E-state index contributed by atoms with van der Waals surface area (Å²) in [5.41, 5.74) is 8.59. The fraction of sp³-hybridized carbons (Fsp3) is 0.357. The molecule has 0 bridgehead atoms. The number of hydrogen-bond donors (Lipinski definition) is 2. The molecule has 0 radical (unpaired) electrons. The molecule has 1 aromatic heterocycles. The summed E-state index contributed by atoms with van der Waals surface area (Å²) in [7, 11) is 0. The predicted molar refractivity (Wildman–Crippen MR) is 78.6 cm³/mol. The van der Waals surface area contributed by atoms with Crippen molar-refractivity contribution in [3.05, 3.63) is 29.3 Å². The Morgan fingerprint density at radius 3 is 2.79 bits per heavy atom. The van der Waals surface area contributed by atoms with Gasteiger partial charge in [0.15, 0.2) is 0 Å². The highest BCUT2D eigenvalue weighted by Crippen LogP contribution is 2.31. The van der Waals surface area contributed by atoms with Crippen LogP contribution in [0.3, 0.4) is 0 Å². The van der Waals surface area contributed by atoms with Gasteiger partial charge in [0, 0.05) is 10.9 Å². The zero-order chi connectivity index (χ0) is 13.8. The van der Waals surface area contributed by atoms with Crippen LogP contribution in [0, 0.1) is 0 Å². The van der Waals surface area contributed by atoms with E-state index in [-0.39, 0.29) is 13.2 Å². The highest BCUT2D eigenvalue weighted by molar-refractivity contribution is 7.13. The fourth-order valence-corrected chi connectivity index (χ4v) is 2.63. The van der Waals surface area contributed by atoms with Gasteiger partial charge in [0.2, 0.25) is 0 Å². The van der Waals surface area contributed by atoms with Crippen molar-refractivity contribution in [1.82, 2.24) is 4.98 Å². The number of aromatic nitrogens is 1. The number of anilines is 1. The average Bonchev–Trinajstić information content (AvgIpc) is 2.87. The monoisotopic (exact) mass is 278 g/mol. The number of nitrogens with zero attached hydrogens (tertiary/aromatic N) is 1. The molecule has 0 fully saturated rings. The van der Waals surface area contributed by atoms with Crippen molar-refractivity contribution in [2.45, 2.75) is 19.8 Å². The molecule has 5 heteroatoms. The Bertz CT molecular complexity index is 552. The highest BCUT2D eigenvalue weighted by Gasteiger charge is 2.09. The molecule has 0 saturated heterocycles. The van der Waals surface area contributed by atoms with E-state index >= 15 is 0 Å². The van der Waals surface area contributed by atoms with Gasteiger partial charge in [0.1, 0.15) is 17.4 Å². The van der Waals surface area contributed by atoms with Crippen LogP contribution < -0.4 is 10.5 Å². The van der Waals surface area contributed by atoms with Gasteiger partial charge < -0.3 is 15.6 Å². The number of aliphatic hydroxyl groups is 1. The largest absolute Gasteiger partial charge is 0.489 e. The van der Waals surface area contributed by atoms with Crippen LogP contribution in [-0.4, -0.2) is 23.3 Å². The number of nitrogens with two attached hydrogens (primary N) is 1. The van der Waals surface area contributed by atoms with E-state index in [4.69, 9.17) is 15.6 Å². The van der Waals surface area contributed by atoms with Gasteiger partial charge in [-0.15, -0.1) is 11.3 Å². The molecule has 0 saturated carbocycles. The SMILES string of the molecule is CC(C)c1csc(-c2ccc(OCCO)c(N)c2)n1. The van der Waals surface area contributed by atoms with Crippen LogP contribution in [0.2, 0.25) is 0 Å². The van der Waals surface area contributed by atoms with Crippen molar-refractivity contribution in [3.63, 3.8) is 0 Å². The fourth-order valence-electron chi connectivity index (χ4n) is 1.65. The van der Waals surface area contributed by atoms with E-state index in [0.29, 0.717) is 17.4 Å². The summed E-state index contributed by atoms with van der Waals surface area (Å²) >= 11 is 1.62. The molecular weight excluding hydrogens is 260 g/mol. The summed E-state index contributed by atoms with van der Waals surface area (Å²) in [6.07, 6.45) is 0. The van der Waals surface area contributed by atoms with Crippen molar-refractivity contribution in [2.75, 3.05) is 18.9 Å². The van der Waals surface area contributed by atoms with Crippen LogP contribution in [0.1, 0.15) is 25.5 Å². The minimum atomic E-state index is -0.0224. The molecule has 0 unspecified atom stereocenters. The van der Waals surface area contributed by atoms with Gasteiger partial charge in [-0.2, -0.15) is 0 Å². The molecule has 0 aliphatic rings. The van der Waals surface area contributed by atoms with E-state index in [1.165, 1.54) is 0 Å². The summed E-state index contributed by atoms with van der Waals surface area (Å²) < 4.78 is 5.33. The van der Waals surface area contributed by atoms with Gasteiger partial charge in [0.25, 0.3) is 0 Å². The molecule has 0 spiro atoms. The van der Waals surface area contributed by atoms with Gasteiger partial charge in [0.05, 0.1) is 18.0 Å². The van der Waals surface area contributed by atoms with Gasteiger partial charge in [-0.1, -0.05) is 13.8 Å². The summed E-state index contributed by atoms with van der Waals surface area (Å²) in [4.78, 5) is 4.60. The van der Waals surface area contributed by atoms with Gasteiger partial charge >= 0.3 is 0 Å². The van der Waals surface area contributed by atoms with Crippen LogP contribution >= 0.6 is 11.3 Å². The quantitative estimate of drug-likeness (QED) is 0.825. The second-order valence-electron chi connectivity index (χ2n) is 4.56. The Labute approximate surface area is 116 Å². The molecule has 1 aromatic carbocycles. The van der Waals surface area contributed by atoms with Gasteiger partial charge in [-0.25, -0.2) is 4.98 Å². The van der Waals surface area contributed by atoms with E-state index in [0.717, 1.165) is 16.3 Å². The number of nitrogen functional groups attached to an aromatic ring is 1. The minimum Gasteiger partial charge on any atom is -0.489 e. The molecule has 3 N–H and O–H groups in total. The normalized spacial score (nSPS) is 10.9. The van der Waals surface area contributed by atoms with Crippen LogP contribution in [0.5, 0.6) is 5.75 Å². The third-order valence-electron chi connectivity index (χ3n) is 2.72. The predicted octanol–water partition coefficient (Wildman–Crippen LogP) is 2.89. The lowest BCUT2D eigenvalue weighted by molar-refractivity contribution is 0.202. The number of ether oxygens (including phenoxy) is 1. The first kappa shape index (κ1) is 13.8. The molecule has 4 nitrogen and oxygen atoms in total. The minimum absolute atomic E-state index is 0.0224. The molecular formula is C14H18N2O2S. The smallest absolute Gasteiger partial charge is 0.142 e. The Morgan fingerprint density at radius 1 is 1.42 bits per heavy atom. The molecule has 102 valence electrons. The number of benzene rings is 1. The Hall–Kier alpha value is -1.59. The zero-order valence-corrected chi connectivity index (χ0v) is 11.9. The average molecular weight is 278 g/mol. The maximum Gasteiger partial charge on any atom is 0.142 e. The molecule has 0 aliphatic carbocycles. The third kappa shape index (κ3) is 3.24. The Kier molecular flexibility index (Phi) is 4.39. The van der Waals surface area contributed by atoms with E-state index in [9.17, 15) is 0 Å². The van der Waals surface area contributed by atoms with Crippen LogP contribution in [0.15, 0.2) is 23.6 Å². The number of hydrogen-bond acceptors (Lipinski definition) is 5. The van der Waals surface area contributed by atoms with E-state index in [2.05, 4.69) is 24.2 Å². The Balaban J connectivity index is 2.23. The number of rotatable bonds is 5. The number of aliphatic hydroxyl groups excluding tert-OH is 1. The molecule has 0 aliphatic heterocycles. The summed E-state index contributed by atoms with van der Waals surface area (Å²) in [5.74, 6) is 1.02. The van der Waals surface area contributed by atoms with E-state index in [1.807, 2.05) is 18.2 Å². The first-order valence-electron chi connectivity index (χ1n) is 6.20. The zero-order valence-electron chi connectivity index (χ0n) is 11.1. The maximum absolute atomic E-state index is 8.73. The highest BCUT2D eigenvalue weighted by atomic mass is 32.1. The van der Waals surface area contributed by atoms with Crippen LogP contribution in [0.25, 0.3) is 10.6 Å². The molecule has 1 heterocycles. The Morgan fingerprint density at radius 2 is 2.21 bits per heavy atom. The summed E-state index contributed by atoms with van der Waals surface area (Å²) in [6.45, 7) is 4.47. The molecule has 19 heavy (non-hydrogen) atoms. The van der Waals surface area contributed by atoms with Crippen molar-refractivity contribution in [2.24, 2.45) is 0 Å². The van der Waals surface area contributed by atoms with Crippen molar-refractivity contribution in [3.8, 4) is 16.3 Å².